The van der Waals surface area contributed by atoms with Crippen LogP contribution in [-0.4, -0.2) is 78.5 Å². The van der Waals surface area contributed by atoms with Crippen LogP contribution in [-0.2, 0) is 19.1 Å². The zero-order valence-electron chi connectivity index (χ0n) is 13.7. The van der Waals surface area contributed by atoms with Crippen molar-refractivity contribution in [3.05, 3.63) is 0 Å². The number of ether oxygens (including phenoxy) is 2. The van der Waals surface area contributed by atoms with Crippen LogP contribution in [0.3, 0.4) is 0 Å². The summed E-state index contributed by atoms with van der Waals surface area (Å²) in [5.41, 5.74) is 0. The lowest BCUT2D eigenvalue weighted by Gasteiger charge is -2.08. The Labute approximate surface area is 132 Å². The van der Waals surface area contributed by atoms with Crippen molar-refractivity contribution in [3.63, 3.8) is 0 Å². The summed E-state index contributed by atoms with van der Waals surface area (Å²) in [7, 11) is 2.79. The number of esters is 2. The van der Waals surface area contributed by atoms with Gasteiger partial charge in [0.1, 0.15) is 0 Å². The first-order chi connectivity index (χ1) is 10.7. The van der Waals surface area contributed by atoms with Crippen LogP contribution in [0.2, 0.25) is 0 Å². The molecule has 0 radical (unpaired) electrons. The number of carbonyl (C=O) groups is 2. The van der Waals surface area contributed by atoms with Crippen molar-refractivity contribution in [3.8, 4) is 0 Å². The van der Waals surface area contributed by atoms with Crippen LogP contribution >= 0.6 is 0 Å². The second-order valence-electron chi connectivity index (χ2n) is 4.65. The van der Waals surface area contributed by atoms with Crippen molar-refractivity contribution in [2.75, 3.05) is 66.6 Å². The Morgan fingerprint density at radius 2 is 0.864 bits per heavy atom. The number of hydrogen-bond acceptors (Lipinski definition) is 8. The van der Waals surface area contributed by atoms with Gasteiger partial charge in [0.05, 0.1) is 27.1 Å². The van der Waals surface area contributed by atoms with Crippen molar-refractivity contribution < 1.29 is 19.1 Å². The van der Waals surface area contributed by atoms with Gasteiger partial charge in [-0.15, -0.1) is 0 Å². The molecule has 0 fully saturated rings. The van der Waals surface area contributed by atoms with E-state index in [9.17, 15) is 9.59 Å². The summed E-state index contributed by atoms with van der Waals surface area (Å²) in [4.78, 5) is 21.7. The average molecular weight is 318 g/mol. The highest BCUT2D eigenvalue weighted by Gasteiger charge is 1.98. The molecule has 0 aliphatic rings. The van der Waals surface area contributed by atoms with Gasteiger partial charge in [-0.3, -0.25) is 9.59 Å². The number of hydrogen-bond donors (Lipinski definition) is 4. The molecule has 0 atom stereocenters. The van der Waals surface area contributed by atoms with Crippen molar-refractivity contribution in [1.29, 1.82) is 0 Å². The van der Waals surface area contributed by atoms with E-state index in [0.29, 0.717) is 25.9 Å². The smallest absolute Gasteiger partial charge is 0.306 e. The van der Waals surface area contributed by atoms with E-state index in [1.165, 1.54) is 14.2 Å². The van der Waals surface area contributed by atoms with Crippen molar-refractivity contribution in [1.82, 2.24) is 21.3 Å². The molecule has 4 N–H and O–H groups in total. The van der Waals surface area contributed by atoms with Gasteiger partial charge in [-0.2, -0.15) is 0 Å². The van der Waals surface area contributed by atoms with E-state index in [2.05, 4.69) is 30.7 Å². The highest BCUT2D eigenvalue weighted by Crippen LogP contribution is 1.80. The van der Waals surface area contributed by atoms with Crippen molar-refractivity contribution in [2.45, 2.75) is 12.8 Å². The van der Waals surface area contributed by atoms with E-state index in [1.54, 1.807) is 0 Å². The molecule has 0 amide bonds. The topological polar surface area (TPSA) is 101 Å². The quantitative estimate of drug-likeness (QED) is 0.213. The molecule has 0 saturated heterocycles. The molecule has 8 nitrogen and oxygen atoms in total. The second-order valence-corrected chi connectivity index (χ2v) is 4.65. The van der Waals surface area contributed by atoms with Gasteiger partial charge < -0.3 is 30.7 Å². The van der Waals surface area contributed by atoms with E-state index in [1.807, 2.05) is 0 Å². The summed E-state index contributed by atoms with van der Waals surface area (Å²) in [5, 5.41) is 12.9. The molecule has 0 spiro atoms. The molecule has 0 saturated carbocycles. The van der Waals surface area contributed by atoms with Crippen molar-refractivity contribution in [2.24, 2.45) is 0 Å². The summed E-state index contributed by atoms with van der Waals surface area (Å²) in [5.74, 6) is -0.380. The van der Waals surface area contributed by atoms with Crippen LogP contribution in [0.5, 0.6) is 0 Å². The van der Waals surface area contributed by atoms with Gasteiger partial charge in [0.2, 0.25) is 0 Å². The first-order valence-corrected chi connectivity index (χ1v) is 7.67. The van der Waals surface area contributed by atoms with Crippen LogP contribution in [0.25, 0.3) is 0 Å². The third-order valence-electron chi connectivity index (χ3n) is 2.90. The fraction of sp³-hybridized carbons (Fsp3) is 0.857. The maximum absolute atomic E-state index is 10.8. The fourth-order valence-electron chi connectivity index (χ4n) is 1.62. The molecule has 8 heteroatoms. The van der Waals surface area contributed by atoms with Crippen LogP contribution in [0, 0.1) is 0 Å². The zero-order chi connectivity index (χ0) is 16.5. The Balaban J connectivity index is 3.05. The van der Waals surface area contributed by atoms with Gasteiger partial charge in [-0.25, -0.2) is 0 Å². The van der Waals surface area contributed by atoms with E-state index in [-0.39, 0.29) is 11.9 Å². The molecule has 0 aromatic heterocycles. The minimum atomic E-state index is -0.190. The van der Waals surface area contributed by atoms with Crippen LogP contribution in [0.15, 0.2) is 0 Å². The maximum Gasteiger partial charge on any atom is 0.306 e. The minimum Gasteiger partial charge on any atom is -0.469 e. The average Bonchev–Trinajstić information content (AvgIpc) is 2.54. The van der Waals surface area contributed by atoms with E-state index < -0.39 is 0 Å². The van der Waals surface area contributed by atoms with Crippen molar-refractivity contribution >= 4 is 11.9 Å². The van der Waals surface area contributed by atoms with Gasteiger partial charge in [0.25, 0.3) is 0 Å². The molecule has 0 bridgehead atoms. The maximum atomic E-state index is 10.8. The highest BCUT2D eigenvalue weighted by atomic mass is 16.5. The molecule has 0 aliphatic carbocycles. The standard InChI is InChI=1S/C14H30N4O4/c1-21-13(19)3-5-15-7-9-17-11-12-18-10-8-16-6-4-14(20)22-2/h15-18H,3-12H2,1-2H3. The third-order valence-corrected chi connectivity index (χ3v) is 2.90. The lowest BCUT2D eigenvalue weighted by Crippen LogP contribution is -2.35. The van der Waals surface area contributed by atoms with Crippen LogP contribution < -0.4 is 21.3 Å². The Bertz CT molecular complexity index is 262. The molecule has 0 aromatic rings. The van der Waals surface area contributed by atoms with Crippen LogP contribution in [0.1, 0.15) is 12.8 Å². The fourth-order valence-corrected chi connectivity index (χ4v) is 1.62. The Kier molecular flexibility index (Phi) is 15.3. The molecule has 0 unspecified atom stereocenters. The molecule has 0 rings (SSSR count). The Hall–Kier alpha value is -1.22. The highest BCUT2D eigenvalue weighted by molar-refractivity contribution is 5.69. The predicted molar refractivity (Wildman–Crippen MR) is 84.7 cm³/mol. The lowest BCUT2D eigenvalue weighted by atomic mass is 10.4. The summed E-state index contributed by atoms with van der Waals surface area (Å²) < 4.78 is 9.09. The summed E-state index contributed by atoms with van der Waals surface area (Å²) >= 11 is 0. The number of rotatable bonds is 15. The monoisotopic (exact) mass is 318 g/mol. The molecular formula is C14H30N4O4. The number of methoxy groups -OCH3 is 2. The van der Waals surface area contributed by atoms with Gasteiger partial charge in [0.15, 0.2) is 0 Å². The molecule has 0 aromatic carbocycles. The molecular weight excluding hydrogens is 288 g/mol. The van der Waals surface area contributed by atoms with Gasteiger partial charge in [-0.05, 0) is 0 Å². The first-order valence-electron chi connectivity index (χ1n) is 7.67. The Morgan fingerprint density at radius 1 is 0.591 bits per heavy atom. The van der Waals surface area contributed by atoms with Crippen LogP contribution in [0.4, 0.5) is 0 Å². The summed E-state index contributed by atoms with van der Waals surface area (Å²) in [6.45, 7) is 6.44. The summed E-state index contributed by atoms with van der Waals surface area (Å²) in [6, 6.07) is 0. The normalized spacial score (nSPS) is 10.5. The van der Waals surface area contributed by atoms with Gasteiger partial charge in [0, 0.05) is 52.4 Å². The zero-order valence-corrected chi connectivity index (χ0v) is 13.7. The van der Waals surface area contributed by atoms with E-state index in [4.69, 9.17) is 0 Å². The molecule has 22 heavy (non-hydrogen) atoms. The lowest BCUT2D eigenvalue weighted by molar-refractivity contribution is -0.141. The predicted octanol–water partition coefficient (Wildman–Crippen LogP) is -1.53. The third kappa shape index (κ3) is 15.2. The largest absolute Gasteiger partial charge is 0.469 e. The van der Waals surface area contributed by atoms with E-state index >= 15 is 0 Å². The number of carbonyl (C=O) groups excluding carboxylic acids is 2. The Morgan fingerprint density at radius 3 is 1.14 bits per heavy atom. The van der Waals surface area contributed by atoms with Gasteiger partial charge >= 0.3 is 11.9 Å². The number of nitrogens with one attached hydrogen (secondary N) is 4. The molecule has 0 heterocycles. The first kappa shape index (κ1) is 20.8. The second kappa shape index (κ2) is 16.2. The minimum absolute atomic E-state index is 0.190. The van der Waals surface area contributed by atoms with E-state index in [0.717, 1.165) is 39.3 Å². The summed E-state index contributed by atoms with van der Waals surface area (Å²) in [6.07, 6.45) is 0.808. The van der Waals surface area contributed by atoms with Gasteiger partial charge in [-0.1, -0.05) is 0 Å². The molecule has 0 aliphatic heterocycles. The molecule has 130 valence electrons. The SMILES string of the molecule is COC(=O)CCNCCNCCNCCNCCC(=O)OC.